The number of methoxy groups -OCH3 is 1. The molecular weight excluding hydrogens is 573 g/mol. The summed E-state index contributed by atoms with van der Waals surface area (Å²) in [5.41, 5.74) is 8.01. The SMILES string of the molecule is COc1cc(C2C(C#N)=C(N)Oc3cc(OC(=O)COc4ccccc4[N+](=O)[O-])ccc32)ccc1OCc1ccc(F)cc1. The predicted octanol–water partition coefficient (Wildman–Crippen LogP) is 5.52. The minimum atomic E-state index is -0.808. The smallest absolute Gasteiger partial charge is 0.349 e. The lowest BCUT2D eigenvalue weighted by molar-refractivity contribution is -0.385. The lowest BCUT2D eigenvalue weighted by Gasteiger charge is -2.27. The van der Waals surface area contributed by atoms with Crippen LogP contribution < -0.4 is 29.4 Å². The van der Waals surface area contributed by atoms with Crippen molar-refractivity contribution in [3.63, 3.8) is 0 Å². The van der Waals surface area contributed by atoms with E-state index in [4.69, 9.17) is 29.4 Å². The molecule has 0 amide bonds. The van der Waals surface area contributed by atoms with E-state index in [9.17, 15) is 24.6 Å². The summed E-state index contributed by atoms with van der Waals surface area (Å²) in [5, 5.41) is 21.1. The minimum Gasteiger partial charge on any atom is -0.493 e. The van der Waals surface area contributed by atoms with Crippen LogP contribution in [0.25, 0.3) is 0 Å². The Morgan fingerprint density at radius 3 is 2.52 bits per heavy atom. The number of esters is 1. The van der Waals surface area contributed by atoms with Crippen LogP contribution in [0.2, 0.25) is 0 Å². The van der Waals surface area contributed by atoms with Crippen LogP contribution in [0, 0.1) is 27.3 Å². The van der Waals surface area contributed by atoms with Gasteiger partial charge >= 0.3 is 11.7 Å². The van der Waals surface area contributed by atoms with Crippen molar-refractivity contribution in [2.24, 2.45) is 5.73 Å². The van der Waals surface area contributed by atoms with Crippen LogP contribution in [0.1, 0.15) is 22.6 Å². The van der Waals surface area contributed by atoms with Crippen LogP contribution in [-0.2, 0) is 11.4 Å². The topological polar surface area (TPSA) is 156 Å². The number of fused-ring (bicyclic) bond motifs is 1. The Hall–Kier alpha value is -6.09. The average molecular weight is 598 g/mol. The van der Waals surface area contributed by atoms with Crippen molar-refractivity contribution in [3.05, 3.63) is 129 Å². The highest BCUT2D eigenvalue weighted by atomic mass is 19.1. The van der Waals surface area contributed by atoms with Gasteiger partial charge in [-0.05, 0) is 47.5 Å². The molecule has 0 spiro atoms. The van der Waals surface area contributed by atoms with E-state index < -0.39 is 23.4 Å². The molecule has 4 aromatic rings. The van der Waals surface area contributed by atoms with Crippen molar-refractivity contribution < 1.29 is 37.8 Å². The van der Waals surface area contributed by atoms with Crippen LogP contribution in [-0.4, -0.2) is 24.6 Å². The molecule has 11 nitrogen and oxygen atoms in total. The molecule has 1 heterocycles. The maximum absolute atomic E-state index is 13.2. The van der Waals surface area contributed by atoms with Crippen molar-refractivity contribution in [2.45, 2.75) is 12.5 Å². The molecular formula is C32H24FN3O8. The number of allylic oxidation sites excluding steroid dienone is 1. The number of benzene rings is 4. The summed E-state index contributed by atoms with van der Waals surface area (Å²) in [6.45, 7) is -0.400. The standard InChI is InChI=1S/C32H24FN3O8/c1-40-29-14-20(8-13-27(29)41-17-19-6-9-21(33)10-7-19)31-23-12-11-22(15-28(23)44-32(35)24(31)16-34)43-30(37)18-42-26-5-3-2-4-25(26)36(38)39/h2-15,31H,17-18,35H2,1H3. The lowest BCUT2D eigenvalue weighted by atomic mass is 9.83. The normalized spacial score (nSPS) is 13.6. The number of nitro groups is 1. The van der Waals surface area contributed by atoms with Gasteiger partial charge in [0.1, 0.15) is 35.6 Å². The Kier molecular flexibility index (Phi) is 8.57. The zero-order valence-electron chi connectivity index (χ0n) is 23.2. The van der Waals surface area contributed by atoms with Gasteiger partial charge in [-0.1, -0.05) is 36.4 Å². The number of para-hydroxylation sites is 2. The van der Waals surface area contributed by atoms with E-state index >= 15 is 0 Å². The van der Waals surface area contributed by atoms with E-state index in [1.165, 1.54) is 49.6 Å². The fourth-order valence-corrected chi connectivity index (χ4v) is 4.59. The van der Waals surface area contributed by atoms with Gasteiger partial charge in [0.15, 0.2) is 23.9 Å². The zero-order chi connectivity index (χ0) is 31.2. The summed E-state index contributed by atoms with van der Waals surface area (Å²) in [6, 6.07) is 23.5. The molecule has 12 heteroatoms. The highest BCUT2D eigenvalue weighted by Gasteiger charge is 2.32. The Morgan fingerprint density at radius 1 is 1.02 bits per heavy atom. The summed E-state index contributed by atoms with van der Waals surface area (Å²) in [7, 11) is 1.48. The average Bonchev–Trinajstić information content (AvgIpc) is 3.02. The first-order valence-corrected chi connectivity index (χ1v) is 13.1. The molecule has 0 radical (unpaired) electrons. The van der Waals surface area contributed by atoms with Gasteiger partial charge in [0, 0.05) is 17.7 Å². The van der Waals surface area contributed by atoms with E-state index in [-0.39, 0.29) is 46.8 Å². The van der Waals surface area contributed by atoms with Gasteiger partial charge in [-0.15, -0.1) is 0 Å². The molecule has 0 fully saturated rings. The molecule has 1 atom stereocenters. The maximum Gasteiger partial charge on any atom is 0.349 e. The molecule has 0 saturated carbocycles. The molecule has 0 aliphatic carbocycles. The number of carbonyl (C=O) groups is 1. The van der Waals surface area contributed by atoms with Crippen LogP contribution >= 0.6 is 0 Å². The van der Waals surface area contributed by atoms with Crippen LogP contribution in [0.15, 0.2) is 96.4 Å². The van der Waals surface area contributed by atoms with E-state index in [0.29, 0.717) is 22.6 Å². The third-order valence-electron chi connectivity index (χ3n) is 6.66. The Labute approximate surface area is 250 Å². The molecule has 1 aliphatic heterocycles. The Bertz CT molecular complexity index is 1800. The van der Waals surface area contributed by atoms with Crippen molar-refractivity contribution in [2.75, 3.05) is 13.7 Å². The number of rotatable bonds is 10. The summed E-state index contributed by atoms with van der Waals surface area (Å²) in [5.74, 6) is -0.789. The Morgan fingerprint density at radius 2 is 1.80 bits per heavy atom. The van der Waals surface area contributed by atoms with Crippen molar-refractivity contribution in [3.8, 4) is 34.8 Å². The van der Waals surface area contributed by atoms with Crippen LogP contribution in [0.5, 0.6) is 28.7 Å². The maximum atomic E-state index is 13.2. The molecule has 1 unspecified atom stereocenters. The van der Waals surface area contributed by atoms with Crippen molar-refractivity contribution in [1.82, 2.24) is 0 Å². The first-order valence-electron chi connectivity index (χ1n) is 13.1. The van der Waals surface area contributed by atoms with Gasteiger partial charge in [0.2, 0.25) is 5.88 Å². The highest BCUT2D eigenvalue weighted by Crippen LogP contribution is 2.45. The number of carbonyl (C=O) groups excluding carboxylic acids is 1. The third kappa shape index (κ3) is 6.37. The summed E-state index contributed by atoms with van der Waals surface area (Å²) >= 11 is 0. The molecule has 5 rings (SSSR count). The second-order valence-corrected chi connectivity index (χ2v) is 9.44. The number of nitrogens with zero attached hydrogens (tertiary/aromatic N) is 2. The second kappa shape index (κ2) is 12.8. The quantitative estimate of drug-likeness (QED) is 0.107. The van der Waals surface area contributed by atoms with E-state index in [1.54, 1.807) is 42.5 Å². The first-order chi connectivity index (χ1) is 21.3. The van der Waals surface area contributed by atoms with E-state index in [1.807, 2.05) is 0 Å². The minimum absolute atomic E-state index is 0.0738. The molecule has 222 valence electrons. The molecule has 2 N–H and O–H groups in total. The van der Waals surface area contributed by atoms with Crippen LogP contribution in [0.3, 0.4) is 0 Å². The zero-order valence-corrected chi connectivity index (χ0v) is 23.2. The predicted molar refractivity (Wildman–Crippen MR) is 154 cm³/mol. The molecule has 4 aromatic carbocycles. The van der Waals surface area contributed by atoms with Gasteiger partial charge in [-0.2, -0.15) is 5.26 Å². The number of hydrogen-bond donors (Lipinski definition) is 1. The molecule has 0 aromatic heterocycles. The van der Waals surface area contributed by atoms with Gasteiger partial charge in [0.05, 0.1) is 18.0 Å². The van der Waals surface area contributed by atoms with Gasteiger partial charge < -0.3 is 29.4 Å². The van der Waals surface area contributed by atoms with Gasteiger partial charge in [-0.3, -0.25) is 10.1 Å². The Balaban J connectivity index is 1.35. The van der Waals surface area contributed by atoms with E-state index in [0.717, 1.165) is 5.56 Å². The van der Waals surface area contributed by atoms with Gasteiger partial charge in [-0.25, -0.2) is 9.18 Å². The number of nitrogens with two attached hydrogens (primary N) is 1. The summed E-state index contributed by atoms with van der Waals surface area (Å²) < 4.78 is 41.0. The fourth-order valence-electron chi connectivity index (χ4n) is 4.59. The molecule has 0 saturated heterocycles. The first kappa shape index (κ1) is 29.4. The number of halogens is 1. The number of ether oxygens (including phenoxy) is 5. The fraction of sp³-hybridized carbons (Fsp3) is 0.125. The number of hydrogen-bond acceptors (Lipinski definition) is 10. The van der Waals surface area contributed by atoms with Crippen LogP contribution in [0.4, 0.5) is 10.1 Å². The number of nitro benzene ring substituents is 1. The largest absolute Gasteiger partial charge is 0.493 e. The van der Waals surface area contributed by atoms with Crippen molar-refractivity contribution >= 4 is 11.7 Å². The molecule has 0 bridgehead atoms. The molecule has 44 heavy (non-hydrogen) atoms. The summed E-state index contributed by atoms with van der Waals surface area (Å²) in [4.78, 5) is 23.0. The monoisotopic (exact) mass is 597 g/mol. The number of nitriles is 1. The lowest BCUT2D eigenvalue weighted by Crippen LogP contribution is -2.22. The highest BCUT2D eigenvalue weighted by molar-refractivity contribution is 5.74. The van der Waals surface area contributed by atoms with Gasteiger partial charge in [0.25, 0.3) is 0 Å². The second-order valence-electron chi connectivity index (χ2n) is 9.44. The third-order valence-corrected chi connectivity index (χ3v) is 6.66. The van der Waals surface area contributed by atoms with Crippen molar-refractivity contribution in [1.29, 1.82) is 5.26 Å². The summed E-state index contributed by atoms with van der Waals surface area (Å²) in [6.07, 6.45) is 0. The molecule has 1 aliphatic rings. The van der Waals surface area contributed by atoms with E-state index in [2.05, 4.69) is 6.07 Å².